The standard InChI is InChI=1S/C19H15ClN6O2/c20-13-1-2-14(21-7-13)11-5-12-8-26(3-4-28-17(12)15(27)6-11)19-16-18(23-9-22-16)24-10-25-19/h1-2,5-7,9-10,27H,3-4,8H2,(H,22,23,24,25). The van der Waals surface area contributed by atoms with Crippen molar-refractivity contribution in [1.82, 2.24) is 24.9 Å². The van der Waals surface area contributed by atoms with Gasteiger partial charge < -0.3 is 19.7 Å². The largest absolute Gasteiger partial charge is 0.504 e. The van der Waals surface area contributed by atoms with Crippen molar-refractivity contribution in [3.63, 3.8) is 0 Å². The molecule has 0 saturated carbocycles. The molecule has 0 fully saturated rings. The maximum absolute atomic E-state index is 10.5. The molecule has 1 aliphatic heterocycles. The van der Waals surface area contributed by atoms with Crippen LogP contribution in [0.1, 0.15) is 5.56 Å². The molecule has 0 amide bonds. The van der Waals surface area contributed by atoms with Crippen LogP contribution in [-0.2, 0) is 6.54 Å². The first-order chi connectivity index (χ1) is 13.7. The maximum Gasteiger partial charge on any atom is 0.182 e. The number of rotatable bonds is 2. The molecular weight excluding hydrogens is 380 g/mol. The Hall–Kier alpha value is -3.39. The van der Waals surface area contributed by atoms with E-state index in [0.717, 1.165) is 28.2 Å². The smallest absolute Gasteiger partial charge is 0.182 e. The number of pyridine rings is 1. The number of phenolic OH excluding ortho intramolecular Hbond substituents is 1. The topological polar surface area (TPSA) is 100 Å². The summed E-state index contributed by atoms with van der Waals surface area (Å²) in [5.74, 6) is 1.31. The number of hydrogen-bond acceptors (Lipinski definition) is 7. The summed E-state index contributed by atoms with van der Waals surface area (Å²) in [6.07, 6.45) is 4.68. The van der Waals surface area contributed by atoms with E-state index < -0.39 is 0 Å². The molecule has 3 aromatic heterocycles. The lowest BCUT2D eigenvalue weighted by Gasteiger charge is -2.21. The zero-order valence-electron chi connectivity index (χ0n) is 14.6. The molecule has 5 rings (SSSR count). The number of phenols is 1. The van der Waals surface area contributed by atoms with Crippen molar-refractivity contribution in [2.75, 3.05) is 18.1 Å². The van der Waals surface area contributed by atoms with Crippen molar-refractivity contribution in [1.29, 1.82) is 0 Å². The minimum absolute atomic E-state index is 0.0838. The van der Waals surface area contributed by atoms with E-state index in [0.29, 0.717) is 36.1 Å². The van der Waals surface area contributed by atoms with Crippen LogP contribution in [-0.4, -0.2) is 43.2 Å². The predicted molar refractivity (Wildman–Crippen MR) is 105 cm³/mol. The Labute approximate surface area is 164 Å². The second-order valence-electron chi connectivity index (χ2n) is 6.41. The number of aromatic nitrogens is 5. The van der Waals surface area contributed by atoms with Crippen molar-refractivity contribution in [3.8, 4) is 22.8 Å². The van der Waals surface area contributed by atoms with Crippen LogP contribution < -0.4 is 9.64 Å². The fourth-order valence-electron chi connectivity index (χ4n) is 3.37. The molecule has 28 heavy (non-hydrogen) atoms. The van der Waals surface area contributed by atoms with Gasteiger partial charge in [-0.3, -0.25) is 4.98 Å². The van der Waals surface area contributed by atoms with Gasteiger partial charge in [0.1, 0.15) is 18.5 Å². The average Bonchev–Trinajstić information content (AvgIpc) is 3.08. The molecule has 4 heterocycles. The Morgan fingerprint density at radius 2 is 2.07 bits per heavy atom. The molecule has 0 aliphatic carbocycles. The number of ether oxygens (including phenoxy) is 1. The second-order valence-corrected chi connectivity index (χ2v) is 6.85. The van der Waals surface area contributed by atoms with Crippen LogP contribution in [0.4, 0.5) is 5.82 Å². The van der Waals surface area contributed by atoms with Gasteiger partial charge in [0.25, 0.3) is 0 Å². The highest BCUT2D eigenvalue weighted by atomic mass is 35.5. The first-order valence-electron chi connectivity index (χ1n) is 8.68. The first kappa shape index (κ1) is 16.8. The van der Waals surface area contributed by atoms with Gasteiger partial charge in [0.05, 0.1) is 23.6 Å². The van der Waals surface area contributed by atoms with E-state index in [-0.39, 0.29) is 5.75 Å². The van der Waals surface area contributed by atoms with E-state index in [1.165, 1.54) is 6.33 Å². The number of anilines is 1. The van der Waals surface area contributed by atoms with Gasteiger partial charge in [-0.15, -0.1) is 0 Å². The number of aromatic hydroxyl groups is 1. The lowest BCUT2D eigenvalue weighted by molar-refractivity contribution is 0.312. The van der Waals surface area contributed by atoms with Gasteiger partial charge in [-0.2, -0.15) is 0 Å². The second kappa shape index (κ2) is 6.65. The van der Waals surface area contributed by atoms with Crippen molar-refractivity contribution < 1.29 is 9.84 Å². The van der Waals surface area contributed by atoms with Crippen LogP contribution in [0.2, 0.25) is 5.02 Å². The van der Waals surface area contributed by atoms with E-state index in [1.54, 1.807) is 24.7 Å². The van der Waals surface area contributed by atoms with Crippen LogP contribution in [0.5, 0.6) is 11.5 Å². The zero-order chi connectivity index (χ0) is 19.1. The average molecular weight is 395 g/mol. The normalized spacial score (nSPS) is 13.8. The molecule has 9 heteroatoms. The Bertz CT molecular complexity index is 1160. The molecule has 0 saturated heterocycles. The summed E-state index contributed by atoms with van der Waals surface area (Å²) in [6.45, 7) is 1.53. The third-order valence-corrected chi connectivity index (χ3v) is 4.86. The van der Waals surface area contributed by atoms with Crippen LogP contribution >= 0.6 is 11.6 Å². The van der Waals surface area contributed by atoms with Gasteiger partial charge in [-0.05, 0) is 24.3 Å². The Morgan fingerprint density at radius 3 is 2.93 bits per heavy atom. The molecule has 0 bridgehead atoms. The Balaban J connectivity index is 1.57. The summed E-state index contributed by atoms with van der Waals surface area (Å²) < 4.78 is 5.83. The number of benzene rings is 1. The molecule has 1 aliphatic rings. The highest BCUT2D eigenvalue weighted by Crippen LogP contribution is 2.38. The summed E-state index contributed by atoms with van der Waals surface area (Å²) in [5, 5.41) is 11.1. The van der Waals surface area contributed by atoms with Crippen molar-refractivity contribution in [3.05, 3.63) is 53.7 Å². The summed E-state index contributed by atoms with van der Waals surface area (Å²) in [7, 11) is 0. The fourth-order valence-corrected chi connectivity index (χ4v) is 3.48. The highest BCUT2D eigenvalue weighted by Gasteiger charge is 2.22. The molecule has 0 radical (unpaired) electrons. The van der Waals surface area contributed by atoms with Crippen LogP contribution in [0.3, 0.4) is 0 Å². The summed E-state index contributed by atoms with van der Waals surface area (Å²) in [4.78, 5) is 22.3. The predicted octanol–water partition coefficient (Wildman–Crippen LogP) is 3.17. The molecule has 4 aromatic rings. The first-order valence-corrected chi connectivity index (χ1v) is 9.06. The number of imidazole rings is 1. The van der Waals surface area contributed by atoms with Gasteiger partial charge in [0.2, 0.25) is 0 Å². The number of hydrogen-bond donors (Lipinski definition) is 2. The van der Waals surface area contributed by atoms with E-state index in [1.807, 2.05) is 12.1 Å². The molecule has 8 nitrogen and oxygen atoms in total. The van der Waals surface area contributed by atoms with Gasteiger partial charge in [0, 0.05) is 23.9 Å². The lowest BCUT2D eigenvalue weighted by Crippen LogP contribution is -2.26. The monoisotopic (exact) mass is 394 g/mol. The van der Waals surface area contributed by atoms with E-state index in [4.69, 9.17) is 16.3 Å². The zero-order valence-corrected chi connectivity index (χ0v) is 15.4. The molecule has 0 spiro atoms. The van der Waals surface area contributed by atoms with Crippen molar-refractivity contribution >= 4 is 28.6 Å². The summed E-state index contributed by atoms with van der Waals surface area (Å²) >= 11 is 5.93. The minimum Gasteiger partial charge on any atom is -0.504 e. The number of H-pyrrole nitrogens is 1. The number of nitrogens with zero attached hydrogens (tertiary/aromatic N) is 5. The highest BCUT2D eigenvalue weighted by molar-refractivity contribution is 6.30. The molecule has 2 N–H and O–H groups in total. The van der Waals surface area contributed by atoms with Gasteiger partial charge in [-0.1, -0.05) is 11.6 Å². The lowest BCUT2D eigenvalue weighted by atomic mass is 10.0. The Morgan fingerprint density at radius 1 is 1.14 bits per heavy atom. The minimum atomic E-state index is 0.0838. The van der Waals surface area contributed by atoms with E-state index in [2.05, 4.69) is 29.8 Å². The van der Waals surface area contributed by atoms with Crippen molar-refractivity contribution in [2.45, 2.75) is 6.54 Å². The van der Waals surface area contributed by atoms with Gasteiger partial charge >= 0.3 is 0 Å². The molecular formula is C19H15ClN6O2. The SMILES string of the molecule is Oc1cc(-c2ccc(Cl)cn2)cc2c1OCCN(c1ncnc3nc[nH]c13)C2. The third-order valence-electron chi connectivity index (χ3n) is 4.64. The van der Waals surface area contributed by atoms with E-state index >= 15 is 0 Å². The van der Waals surface area contributed by atoms with Crippen LogP contribution in [0.25, 0.3) is 22.4 Å². The maximum atomic E-state index is 10.5. The number of fused-ring (bicyclic) bond motifs is 2. The van der Waals surface area contributed by atoms with Crippen LogP contribution in [0, 0.1) is 0 Å². The Kier molecular flexibility index (Phi) is 3.98. The summed E-state index contributed by atoms with van der Waals surface area (Å²) in [6, 6.07) is 7.21. The molecule has 0 unspecified atom stereocenters. The van der Waals surface area contributed by atoms with E-state index in [9.17, 15) is 5.11 Å². The third kappa shape index (κ3) is 2.87. The van der Waals surface area contributed by atoms with Crippen LogP contribution in [0.15, 0.2) is 43.1 Å². The number of nitrogens with one attached hydrogen (secondary N) is 1. The number of halogens is 1. The van der Waals surface area contributed by atoms with Crippen molar-refractivity contribution in [2.24, 2.45) is 0 Å². The molecule has 1 aromatic carbocycles. The molecule has 0 atom stereocenters. The fraction of sp³-hybridized carbons (Fsp3) is 0.158. The summed E-state index contributed by atoms with van der Waals surface area (Å²) in [5.41, 5.74) is 3.72. The number of aromatic amines is 1. The quantitative estimate of drug-likeness (QED) is 0.538. The molecule has 140 valence electrons. The van der Waals surface area contributed by atoms with Gasteiger partial charge in [-0.25, -0.2) is 15.0 Å². The van der Waals surface area contributed by atoms with Gasteiger partial charge in [0.15, 0.2) is 23.0 Å².